The minimum absolute atomic E-state index is 0.205. The molecule has 1 heterocycles. The van der Waals surface area contributed by atoms with Crippen LogP contribution in [0.15, 0.2) is 36.9 Å². The molecule has 0 spiro atoms. The second-order valence-electron chi connectivity index (χ2n) is 3.53. The second kappa shape index (κ2) is 7.26. The molecule has 2 aromatic rings. The standard InChI is InChI=1S/C13H12FN3.C2H6/c1-3-11-12(14)9(2)15-13(17-11)16-10-7-5-4-6-8-10;1-2/h3-8H,1H2,2H3,(H,15,16,17);1-2H3. The molecule has 0 aliphatic carbocycles. The van der Waals surface area contributed by atoms with Gasteiger partial charge in [0.25, 0.3) is 0 Å². The first kappa shape index (κ1) is 14.8. The van der Waals surface area contributed by atoms with Crippen LogP contribution in [0.4, 0.5) is 16.0 Å². The maximum Gasteiger partial charge on any atom is 0.228 e. The second-order valence-corrected chi connectivity index (χ2v) is 3.53. The summed E-state index contributed by atoms with van der Waals surface area (Å²) in [5, 5.41) is 3.01. The number of anilines is 2. The Morgan fingerprint density at radius 1 is 1.16 bits per heavy atom. The van der Waals surface area contributed by atoms with Crippen molar-refractivity contribution in [2.24, 2.45) is 0 Å². The molecule has 1 aromatic heterocycles. The predicted octanol–water partition coefficient (Wildman–Crippen LogP) is 4.34. The van der Waals surface area contributed by atoms with Crippen molar-refractivity contribution in [3.8, 4) is 0 Å². The highest BCUT2D eigenvalue weighted by atomic mass is 19.1. The molecule has 19 heavy (non-hydrogen) atoms. The van der Waals surface area contributed by atoms with Crippen LogP contribution in [-0.2, 0) is 0 Å². The molecule has 0 saturated carbocycles. The topological polar surface area (TPSA) is 37.8 Å². The van der Waals surface area contributed by atoms with Crippen molar-refractivity contribution >= 4 is 17.7 Å². The zero-order valence-electron chi connectivity index (χ0n) is 11.4. The van der Waals surface area contributed by atoms with Gasteiger partial charge in [-0.1, -0.05) is 38.6 Å². The van der Waals surface area contributed by atoms with Gasteiger partial charge in [0.05, 0.1) is 5.69 Å². The molecule has 0 saturated heterocycles. The zero-order chi connectivity index (χ0) is 14.3. The van der Waals surface area contributed by atoms with Gasteiger partial charge in [-0.25, -0.2) is 14.4 Å². The third-order valence-corrected chi connectivity index (χ3v) is 2.27. The Hall–Kier alpha value is -2.23. The van der Waals surface area contributed by atoms with Gasteiger partial charge >= 0.3 is 0 Å². The van der Waals surface area contributed by atoms with E-state index < -0.39 is 5.82 Å². The van der Waals surface area contributed by atoms with Crippen LogP contribution >= 0.6 is 0 Å². The SMILES string of the molecule is C=Cc1nc(Nc2ccccc2)nc(C)c1F.CC. The Bertz CT molecular complexity index is 539. The van der Waals surface area contributed by atoms with Crippen molar-refractivity contribution in [2.75, 3.05) is 5.32 Å². The van der Waals surface area contributed by atoms with Crippen LogP contribution in [0.25, 0.3) is 6.08 Å². The Labute approximate surface area is 113 Å². The van der Waals surface area contributed by atoms with E-state index in [0.717, 1.165) is 5.69 Å². The normalized spacial score (nSPS) is 9.26. The van der Waals surface area contributed by atoms with Gasteiger partial charge in [0.15, 0.2) is 5.82 Å². The maximum atomic E-state index is 13.5. The summed E-state index contributed by atoms with van der Waals surface area (Å²) in [5.41, 5.74) is 1.36. The molecule has 1 N–H and O–H groups in total. The molecule has 3 nitrogen and oxygen atoms in total. The first-order valence-corrected chi connectivity index (χ1v) is 6.19. The molecule has 0 unspecified atom stereocenters. The molecule has 0 fully saturated rings. The number of aromatic nitrogens is 2. The summed E-state index contributed by atoms with van der Waals surface area (Å²) in [6.45, 7) is 9.12. The number of benzene rings is 1. The summed E-state index contributed by atoms with van der Waals surface area (Å²) in [6.07, 6.45) is 1.38. The average molecular weight is 259 g/mol. The van der Waals surface area contributed by atoms with Crippen LogP contribution in [-0.4, -0.2) is 9.97 Å². The van der Waals surface area contributed by atoms with E-state index in [1.54, 1.807) is 6.92 Å². The number of aryl methyl sites for hydroxylation is 1. The summed E-state index contributed by atoms with van der Waals surface area (Å²) in [5.74, 6) is -0.0661. The first-order valence-electron chi connectivity index (χ1n) is 6.19. The molecule has 0 aliphatic rings. The third kappa shape index (κ3) is 3.88. The van der Waals surface area contributed by atoms with E-state index in [1.165, 1.54) is 6.08 Å². The van der Waals surface area contributed by atoms with Crippen molar-refractivity contribution in [1.82, 2.24) is 9.97 Å². The Morgan fingerprint density at radius 2 is 1.79 bits per heavy atom. The van der Waals surface area contributed by atoms with Gasteiger partial charge in [-0.2, -0.15) is 0 Å². The van der Waals surface area contributed by atoms with E-state index in [9.17, 15) is 4.39 Å². The molecule has 4 heteroatoms. The van der Waals surface area contributed by atoms with E-state index in [4.69, 9.17) is 0 Å². The molecular weight excluding hydrogens is 241 g/mol. The maximum absolute atomic E-state index is 13.5. The van der Waals surface area contributed by atoms with E-state index in [2.05, 4.69) is 21.9 Å². The summed E-state index contributed by atoms with van der Waals surface area (Å²) in [4.78, 5) is 8.06. The number of para-hydroxylation sites is 1. The highest BCUT2D eigenvalue weighted by Gasteiger charge is 2.08. The van der Waals surface area contributed by atoms with Crippen molar-refractivity contribution in [3.05, 3.63) is 54.1 Å². The Morgan fingerprint density at radius 3 is 2.37 bits per heavy atom. The van der Waals surface area contributed by atoms with Gasteiger partial charge in [0.2, 0.25) is 5.95 Å². The smallest absolute Gasteiger partial charge is 0.228 e. The molecule has 0 aliphatic heterocycles. The van der Waals surface area contributed by atoms with Crippen LogP contribution in [0.2, 0.25) is 0 Å². The number of hydrogen-bond donors (Lipinski definition) is 1. The fourth-order valence-corrected chi connectivity index (χ4v) is 1.42. The van der Waals surface area contributed by atoms with Crippen LogP contribution in [0.3, 0.4) is 0 Å². The fraction of sp³-hybridized carbons (Fsp3) is 0.200. The third-order valence-electron chi connectivity index (χ3n) is 2.27. The average Bonchev–Trinajstić information content (AvgIpc) is 2.46. The summed E-state index contributed by atoms with van der Waals surface area (Å²) >= 11 is 0. The number of nitrogens with one attached hydrogen (secondary N) is 1. The van der Waals surface area contributed by atoms with Crippen molar-refractivity contribution in [1.29, 1.82) is 0 Å². The van der Waals surface area contributed by atoms with Gasteiger partial charge in [-0.3, -0.25) is 0 Å². The van der Waals surface area contributed by atoms with Crippen LogP contribution < -0.4 is 5.32 Å². The monoisotopic (exact) mass is 259 g/mol. The molecule has 1 aromatic carbocycles. The molecule has 2 rings (SSSR count). The molecule has 0 amide bonds. The predicted molar refractivity (Wildman–Crippen MR) is 77.9 cm³/mol. The van der Waals surface area contributed by atoms with Crippen molar-refractivity contribution < 1.29 is 4.39 Å². The van der Waals surface area contributed by atoms with Gasteiger partial charge in [0, 0.05) is 5.69 Å². The van der Waals surface area contributed by atoms with Crippen molar-refractivity contribution in [2.45, 2.75) is 20.8 Å². The van der Waals surface area contributed by atoms with E-state index in [1.807, 2.05) is 44.2 Å². The lowest BCUT2D eigenvalue weighted by atomic mass is 10.3. The number of hydrogen-bond acceptors (Lipinski definition) is 3. The molecule has 0 atom stereocenters. The lowest BCUT2D eigenvalue weighted by Crippen LogP contribution is -2.03. The van der Waals surface area contributed by atoms with E-state index in [-0.39, 0.29) is 5.69 Å². The quantitative estimate of drug-likeness (QED) is 0.891. The molecule has 0 radical (unpaired) electrons. The van der Waals surface area contributed by atoms with Crippen LogP contribution in [0.5, 0.6) is 0 Å². The molecular formula is C15H18FN3. The van der Waals surface area contributed by atoms with Crippen LogP contribution in [0.1, 0.15) is 25.2 Å². The summed E-state index contributed by atoms with van der Waals surface area (Å²) in [6, 6.07) is 9.47. The number of rotatable bonds is 3. The van der Waals surface area contributed by atoms with E-state index in [0.29, 0.717) is 11.6 Å². The minimum Gasteiger partial charge on any atom is -0.324 e. The highest BCUT2D eigenvalue weighted by molar-refractivity contribution is 5.55. The lowest BCUT2D eigenvalue weighted by Gasteiger charge is -2.07. The molecule has 100 valence electrons. The largest absolute Gasteiger partial charge is 0.324 e. The van der Waals surface area contributed by atoms with E-state index >= 15 is 0 Å². The fourth-order valence-electron chi connectivity index (χ4n) is 1.42. The van der Waals surface area contributed by atoms with Crippen molar-refractivity contribution in [3.63, 3.8) is 0 Å². The number of halogens is 1. The molecule has 0 bridgehead atoms. The Balaban J connectivity index is 0.000000861. The van der Waals surface area contributed by atoms with Gasteiger partial charge in [0.1, 0.15) is 5.69 Å². The van der Waals surface area contributed by atoms with Gasteiger partial charge in [-0.05, 0) is 25.1 Å². The van der Waals surface area contributed by atoms with Gasteiger partial charge in [-0.15, -0.1) is 0 Å². The highest BCUT2D eigenvalue weighted by Crippen LogP contribution is 2.16. The number of nitrogens with zero attached hydrogens (tertiary/aromatic N) is 2. The lowest BCUT2D eigenvalue weighted by molar-refractivity contribution is 0.599. The van der Waals surface area contributed by atoms with Crippen LogP contribution in [0, 0.1) is 12.7 Å². The first-order chi connectivity index (χ1) is 9.20. The Kier molecular flexibility index (Phi) is 5.67. The minimum atomic E-state index is -0.432. The summed E-state index contributed by atoms with van der Waals surface area (Å²) < 4.78 is 13.5. The summed E-state index contributed by atoms with van der Waals surface area (Å²) in [7, 11) is 0. The van der Waals surface area contributed by atoms with Gasteiger partial charge < -0.3 is 5.32 Å². The zero-order valence-corrected chi connectivity index (χ0v) is 11.4.